The summed E-state index contributed by atoms with van der Waals surface area (Å²) in [6.45, 7) is 3.38. The van der Waals surface area contributed by atoms with E-state index in [1.807, 2.05) is 0 Å². The number of rotatable bonds is 5. The Labute approximate surface area is 103 Å². The van der Waals surface area contributed by atoms with Crippen molar-refractivity contribution in [3.63, 3.8) is 0 Å². The Hall–Kier alpha value is -2.44. The van der Waals surface area contributed by atoms with Gasteiger partial charge in [0.2, 0.25) is 6.41 Å². The molecule has 1 N–H and O–H groups in total. The summed E-state index contributed by atoms with van der Waals surface area (Å²) in [4.78, 5) is 32.1. The zero-order chi connectivity index (χ0) is 13.7. The van der Waals surface area contributed by atoms with E-state index in [2.05, 4.69) is 5.32 Å². The normalized spacial score (nSPS) is 9.67. The van der Waals surface area contributed by atoms with Gasteiger partial charge in [0.1, 0.15) is 5.69 Å². The summed E-state index contributed by atoms with van der Waals surface area (Å²) in [7, 11) is 0. The number of benzene rings is 1. The van der Waals surface area contributed by atoms with Crippen molar-refractivity contribution in [3.05, 3.63) is 33.4 Å². The highest BCUT2D eigenvalue weighted by Crippen LogP contribution is 2.29. The van der Waals surface area contributed by atoms with Gasteiger partial charge in [-0.15, -0.1) is 0 Å². The topological polar surface area (TPSA) is 98.5 Å². The number of carbonyl (C=O) groups is 2. The van der Waals surface area contributed by atoms with E-state index in [1.165, 1.54) is 6.07 Å². The van der Waals surface area contributed by atoms with Crippen LogP contribution in [0.4, 0.5) is 11.4 Å². The Balaban J connectivity index is 3.31. The highest BCUT2D eigenvalue weighted by atomic mass is 16.6. The summed E-state index contributed by atoms with van der Waals surface area (Å²) in [5, 5.41) is 13.1. The van der Waals surface area contributed by atoms with Crippen LogP contribution < -0.4 is 5.32 Å². The molecule has 0 aromatic heterocycles. The maximum Gasteiger partial charge on any atom is 0.338 e. The minimum atomic E-state index is -0.665. The van der Waals surface area contributed by atoms with E-state index in [0.29, 0.717) is 12.0 Å². The number of nitro benzene ring substituents is 1. The van der Waals surface area contributed by atoms with Gasteiger partial charge in [-0.3, -0.25) is 14.9 Å². The number of ether oxygens (including phenoxy) is 1. The number of amides is 1. The van der Waals surface area contributed by atoms with Gasteiger partial charge < -0.3 is 10.1 Å². The van der Waals surface area contributed by atoms with E-state index in [0.717, 1.165) is 6.07 Å². The number of nitrogens with one attached hydrogen (secondary N) is 1. The molecule has 0 atom stereocenters. The second kappa shape index (κ2) is 5.76. The van der Waals surface area contributed by atoms with E-state index >= 15 is 0 Å². The van der Waals surface area contributed by atoms with Gasteiger partial charge in [-0.2, -0.15) is 0 Å². The molecule has 7 nitrogen and oxygen atoms in total. The van der Waals surface area contributed by atoms with Crippen molar-refractivity contribution in [2.75, 3.05) is 11.9 Å². The van der Waals surface area contributed by atoms with Gasteiger partial charge in [-0.1, -0.05) is 0 Å². The van der Waals surface area contributed by atoms with Crippen LogP contribution in [0.25, 0.3) is 0 Å². The third-order valence-corrected chi connectivity index (χ3v) is 2.23. The van der Waals surface area contributed by atoms with Crippen LogP contribution in [0.5, 0.6) is 0 Å². The maximum atomic E-state index is 11.5. The largest absolute Gasteiger partial charge is 0.462 e. The zero-order valence-electron chi connectivity index (χ0n) is 9.93. The standard InChI is InChI=1S/C11H12N2O5/c1-3-18-11(15)8-4-7(2)10(12-6-14)9(5-8)13(16)17/h4-6H,3H2,1-2H3,(H,12,14). The summed E-state index contributed by atoms with van der Waals surface area (Å²) < 4.78 is 4.77. The molecule has 0 bridgehead atoms. The van der Waals surface area contributed by atoms with E-state index in [4.69, 9.17) is 4.74 Å². The van der Waals surface area contributed by atoms with Crippen molar-refractivity contribution < 1.29 is 19.2 Å². The molecule has 1 rings (SSSR count). The first-order chi connectivity index (χ1) is 8.51. The molecule has 0 aliphatic heterocycles. The first kappa shape index (κ1) is 13.6. The van der Waals surface area contributed by atoms with Crippen LogP contribution in [-0.2, 0) is 9.53 Å². The second-order valence-corrected chi connectivity index (χ2v) is 3.43. The number of nitro groups is 1. The number of aryl methyl sites for hydroxylation is 1. The third kappa shape index (κ3) is 2.82. The monoisotopic (exact) mass is 252 g/mol. The van der Waals surface area contributed by atoms with E-state index in [9.17, 15) is 19.7 Å². The fourth-order valence-corrected chi connectivity index (χ4v) is 1.49. The molecule has 1 amide bonds. The van der Waals surface area contributed by atoms with E-state index < -0.39 is 10.9 Å². The van der Waals surface area contributed by atoms with Gasteiger partial charge in [0.15, 0.2) is 0 Å². The fourth-order valence-electron chi connectivity index (χ4n) is 1.49. The molecule has 0 saturated heterocycles. The van der Waals surface area contributed by atoms with Crippen molar-refractivity contribution in [1.82, 2.24) is 0 Å². The number of nitrogens with zero attached hydrogens (tertiary/aromatic N) is 1. The van der Waals surface area contributed by atoms with E-state index in [-0.39, 0.29) is 23.5 Å². The van der Waals surface area contributed by atoms with Crippen LogP contribution in [0.3, 0.4) is 0 Å². The average Bonchev–Trinajstić information content (AvgIpc) is 2.31. The lowest BCUT2D eigenvalue weighted by Crippen LogP contribution is -2.08. The molecule has 0 saturated carbocycles. The smallest absolute Gasteiger partial charge is 0.338 e. The van der Waals surface area contributed by atoms with Crippen LogP contribution in [0, 0.1) is 17.0 Å². The molecule has 0 heterocycles. The van der Waals surface area contributed by atoms with E-state index in [1.54, 1.807) is 13.8 Å². The maximum absolute atomic E-state index is 11.5. The van der Waals surface area contributed by atoms with Gasteiger partial charge in [-0.05, 0) is 25.5 Å². The van der Waals surface area contributed by atoms with Gasteiger partial charge in [-0.25, -0.2) is 4.79 Å². The molecule has 0 spiro atoms. The Morgan fingerprint density at radius 3 is 2.72 bits per heavy atom. The summed E-state index contributed by atoms with van der Waals surface area (Å²) in [5.74, 6) is -0.638. The average molecular weight is 252 g/mol. The molecule has 0 unspecified atom stereocenters. The number of hydrogen-bond acceptors (Lipinski definition) is 5. The first-order valence-corrected chi connectivity index (χ1v) is 5.17. The van der Waals surface area contributed by atoms with Crippen LogP contribution >= 0.6 is 0 Å². The number of anilines is 1. The Kier molecular flexibility index (Phi) is 4.36. The highest BCUT2D eigenvalue weighted by Gasteiger charge is 2.20. The van der Waals surface area contributed by atoms with Crippen molar-refractivity contribution in [1.29, 1.82) is 0 Å². The quantitative estimate of drug-likeness (QED) is 0.372. The SMILES string of the molecule is CCOC(=O)c1cc(C)c(NC=O)c([N+](=O)[O-])c1. The van der Waals surface area contributed by atoms with Gasteiger partial charge >= 0.3 is 5.97 Å². The predicted octanol–water partition coefficient (Wildman–Crippen LogP) is 1.65. The lowest BCUT2D eigenvalue weighted by atomic mass is 10.1. The molecular weight excluding hydrogens is 240 g/mol. The molecule has 7 heteroatoms. The fraction of sp³-hybridized carbons (Fsp3) is 0.273. The van der Waals surface area contributed by atoms with Crippen molar-refractivity contribution in [2.45, 2.75) is 13.8 Å². The Morgan fingerprint density at radius 2 is 2.22 bits per heavy atom. The zero-order valence-corrected chi connectivity index (χ0v) is 9.93. The number of carbonyl (C=O) groups excluding carboxylic acids is 2. The highest BCUT2D eigenvalue weighted by molar-refractivity contribution is 5.93. The summed E-state index contributed by atoms with van der Waals surface area (Å²) in [6.07, 6.45) is 0.347. The van der Waals surface area contributed by atoms with Crippen LogP contribution in [-0.4, -0.2) is 23.9 Å². The molecule has 0 radical (unpaired) electrons. The molecular formula is C11H12N2O5. The number of esters is 1. The van der Waals surface area contributed by atoms with Crippen molar-refractivity contribution in [3.8, 4) is 0 Å². The van der Waals surface area contributed by atoms with Gasteiger partial charge in [0, 0.05) is 6.07 Å². The Bertz CT molecular complexity index is 498. The van der Waals surface area contributed by atoms with Gasteiger partial charge in [0.05, 0.1) is 17.1 Å². The van der Waals surface area contributed by atoms with Crippen molar-refractivity contribution >= 4 is 23.8 Å². The minimum absolute atomic E-state index is 0.0723. The predicted molar refractivity (Wildman–Crippen MR) is 63.5 cm³/mol. The third-order valence-electron chi connectivity index (χ3n) is 2.23. The molecule has 0 aliphatic rings. The lowest BCUT2D eigenvalue weighted by molar-refractivity contribution is -0.384. The molecule has 18 heavy (non-hydrogen) atoms. The molecule has 0 fully saturated rings. The Morgan fingerprint density at radius 1 is 1.56 bits per heavy atom. The second-order valence-electron chi connectivity index (χ2n) is 3.43. The molecule has 1 aromatic carbocycles. The summed E-state index contributed by atoms with van der Waals surface area (Å²) in [5.41, 5.74) is 0.227. The summed E-state index contributed by atoms with van der Waals surface area (Å²) >= 11 is 0. The lowest BCUT2D eigenvalue weighted by Gasteiger charge is -2.08. The van der Waals surface area contributed by atoms with Crippen LogP contribution in [0.1, 0.15) is 22.8 Å². The first-order valence-electron chi connectivity index (χ1n) is 5.17. The summed E-state index contributed by atoms with van der Waals surface area (Å²) in [6, 6.07) is 2.51. The van der Waals surface area contributed by atoms with Crippen LogP contribution in [0.2, 0.25) is 0 Å². The van der Waals surface area contributed by atoms with Gasteiger partial charge in [0.25, 0.3) is 5.69 Å². The molecule has 96 valence electrons. The van der Waals surface area contributed by atoms with Crippen molar-refractivity contribution in [2.24, 2.45) is 0 Å². The molecule has 0 aliphatic carbocycles. The molecule has 1 aromatic rings. The minimum Gasteiger partial charge on any atom is -0.462 e. The van der Waals surface area contributed by atoms with Crippen LogP contribution in [0.15, 0.2) is 12.1 Å². The number of hydrogen-bond donors (Lipinski definition) is 1.